The molecule has 6 heteroatoms. The number of rotatable bonds is 6. The quantitative estimate of drug-likeness (QED) is 0.580. The lowest BCUT2D eigenvalue weighted by molar-refractivity contribution is -0.128. The molecule has 34 heavy (non-hydrogen) atoms. The van der Waals surface area contributed by atoms with Crippen LogP contribution in [0.15, 0.2) is 78.9 Å². The van der Waals surface area contributed by atoms with Crippen molar-refractivity contribution in [3.8, 4) is 5.75 Å². The monoisotopic (exact) mass is 457 g/mol. The van der Waals surface area contributed by atoms with E-state index in [2.05, 4.69) is 10.2 Å². The third kappa shape index (κ3) is 5.57. The van der Waals surface area contributed by atoms with Gasteiger partial charge in [-0.3, -0.25) is 9.59 Å². The van der Waals surface area contributed by atoms with E-state index >= 15 is 0 Å². The van der Waals surface area contributed by atoms with E-state index in [1.165, 1.54) is 0 Å². The summed E-state index contributed by atoms with van der Waals surface area (Å²) in [5, 5.41) is 2.94. The summed E-state index contributed by atoms with van der Waals surface area (Å²) in [5.41, 5.74) is 2.65. The smallest absolute Gasteiger partial charge is 0.267 e. The average Bonchev–Trinajstić information content (AvgIpc) is 2.85. The summed E-state index contributed by atoms with van der Waals surface area (Å²) in [5.74, 6) is 0.517. The Balaban J connectivity index is 1.31. The molecule has 0 bridgehead atoms. The first-order valence-electron chi connectivity index (χ1n) is 11.6. The van der Waals surface area contributed by atoms with Gasteiger partial charge in [0.15, 0.2) is 5.60 Å². The molecule has 0 unspecified atom stereocenters. The number of amides is 2. The number of carbonyl (C=O) groups excluding carboxylic acids is 2. The zero-order chi connectivity index (χ0) is 24.1. The van der Waals surface area contributed by atoms with Crippen molar-refractivity contribution in [3.05, 3.63) is 90.0 Å². The molecule has 176 valence electrons. The van der Waals surface area contributed by atoms with Crippen LogP contribution in [0.2, 0.25) is 0 Å². The highest BCUT2D eigenvalue weighted by Crippen LogP contribution is 2.23. The molecule has 0 radical (unpaired) electrons. The second-order valence-electron chi connectivity index (χ2n) is 9.07. The number of para-hydroxylation sites is 1. The largest absolute Gasteiger partial charge is 0.478 e. The van der Waals surface area contributed by atoms with Crippen LogP contribution in [0.3, 0.4) is 0 Å². The number of nitrogens with zero attached hydrogens (tertiary/aromatic N) is 2. The van der Waals surface area contributed by atoms with Gasteiger partial charge in [-0.05, 0) is 69.3 Å². The summed E-state index contributed by atoms with van der Waals surface area (Å²) in [6.07, 6.45) is 0. The maximum atomic E-state index is 12.8. The number of carbonyl (C=O) groups is 2. The Hall–Kier alpha value is -3.80. The fourth-order valence-corrected chi connectivity index (χ4v) is 3.91. The standard InChI is InChI=1S/C28H31N3O3/c1-21-9-11-22(12-10-21)26(32)31-19-17-30(18-20-31)24-15-13-23(14-16-24)29-27(33)28(2,3)34-25-7-5-4-6-8-25/h4-16H,17-20H2,1-3H3,(H,29,33). The van der Waals surface area contributed by atoms with Gasteiger partial charge >= 0.3 is 0 Å². The van der Waals surface area contributed by atoms with Crippen LogP contribution in [0, 0.1) is 6.92 Å². The number of aryl methyl sites for hydroxylation is 1. The van der Waals surface area contributed by atoms with Gasteiger partial charge in [-0.2, -0.15) is 0 Å². The first-order valence-corrected chi connectivity index (χ1v) is 11.6. The minimum Gasteiger partial charge on any atom is -0.478 e. The van der Waals surface area contributed by atoms with Crippen LogP contribution >= 0.6 is 0 Å². The highest BCUT2D eigenvalue weighted by Gasteiger charge is 2.30. The lowest BCUT2D eigenvalue weighted by atomic mass is 10.1. The van der Waals surface area contributed by atoms with E-state index < -0.39 is 5.60 Å². The summed E-state index contributed by atoms with van der Waals surface area (Å²) in [7, 11) is 0. The fourth-order valence-electron chi connectivity index (χ4n) is 3.91. The highest BCUT2D eigenvalue weighted by molar-refractivity contribution is 5.97. The molecule has 0 aliphatic carbocycles. The molecule has 0 saturated carbocycles. The van der Waals surface area contributed by atoms with Crippen molar-refractivity contribution in [2.45, 2.75) is 26.4 Å². The molecule has 2 amide bonds. The van der Waals surface area contributed by atoms with E-state index in [4.69, 9.17) is 4.74 Å². The molecular weight excluding hydrogens is 426 g/mol. The topological polar surface area (TPSA) is 61.9 Å². The molecule has 4 rings (SSSR count). The number of nitrogens with one attached hydrogen (secondary N) is 1. The lowest BCUT2D eigenvalue weighted by Crippen LogP contribution is -2.48. The maximum absolute atomic E-state index is 12.8. The Bertz CT molecular complexity index is 1120. The van der Waals surface area contributed by atoms with Crippen molar-refractivity contribution in [2.75, 3.05) is 36.4 Å². The molecule has 0 spiro atoms. The molecule has 0 atom stereocenters. The number of piperazine rings is 1. The van der Waals surface area contributed by atoms with Crippen LogP contribution in [0.1, 0.15) is 29.8 Å². The van der Waals surface area contributed by atoms with Gasteiger partial charge in [-0.25, -0.2) is 0 Å². The minimum absolute atomic E-state index is 0.0815. The van der Waals surface area contributed by atoms with E-state index in [9.17, 15) is 9.59 Å². The first-order chi connectivity index (χ1) is 16.3. The van der Waals surface area contributed by atoms with E-state index in [1.807, 2.05) is 90.7 Å². The predicted molar refractivity (Wildman–Crippen MR) is 136 cm³/mol. The van der Waals surface area contributed by atoms with Crippen molar-refractivity contribution in [1.82, 2.24) is 4.90 Å². The van der Waals surface area contributed by atoms with E-state index in [-0.39, 0.29) is 11.8 Å². The zero-order valence-corrected chi connectivity index (χ0v) is 20.0. The molecule has 1 aliphatic rings. The molecule has 1 heterocycles. The average molecular weight is 458 g/mol. The molecule has 1 N–H and O–H groups in total. The summed E-state index contributed by atoms with van der Waals surface area (Å²) >= 11 is 0. The Kier molecular flexibility index (Phi) is 6.87. The molecular formula is C28H31N3O3. The molecule has 1 saturated heterocycles. The Morgan fingerprint density at radius 2 is 1.44 bits per heavy atom. The number of hydrogen-bond acceptors (Lipinski definition) is 4. The van der Waals surface area contributed by atoms with Crippen LogP contribution < -0.4 is 15.0 Å². The van der Waals surface area contributed by atoms with Gasteiger partial charge < -0.3 is 19.9 Å². The van der Waals surface area contributed by atoms with Crippen molar-refractivity contribution in [1.29, 1.82) is 0 Å². The molecule has 1 aliphatic heterocycles. The van der Waals surface area contributed by atoms with Crippen LogP contribution in [-0.2, 0) is 4.79 Å². The van der Waals surface area contributed by atoms with E-state index in [0.717, 1.165) is 29.9 Å². The van der Waals surface area contributed by atoms with Gasteiger partial charge in [-0.1, -0.05) is 35.9 Å². The van der Waals surface area contributed by atoms with Crippen LogP contribution in [0.4, 0.5) is 11.4 Å². The summed E-state index contributed by atoms with van der Waals surface area (Å²) < 4.78 is 5.87. The molecule has 0 aromatic heterocycles. The maximum Gasteiger partial charge on any atom is 0.267 e. The SMILES string of the molecule is Cc1ccc(C(=O)N2CCN(c3ccc(NC(=O)C(C)(C)Oc4ccccc4)cc3)CC2)cc1. The molecule has 3 aromatic carbocycles. The minimum atomic E-state index is -1.01. The third-order valence-electron chi connectivity index (χ3n) is 6.02. The van der Waals surface area contributed by atoms with Gasteiger partial charge in [0, 0.05) is 43.1 Å². The third-order valence-corrected chi connectivity index (χ3v) is 6.02. The molecule has 6 nitrogen and oxygen atoms in total. The second-order valence-corrected chi connectivity index (χ2v) is 9.07. The number of hydrogen-bond donors (Lipinski definition) is 1. The summed E-state index contributed by atoms with van der Waals surface area (Å²) in [4.78, 5) is 29.7. The second kappa shape index (κ2) is 10.00. The van der Waals surface area contributed by atoms with E-state index in [0.29, 0.717) is 24.5 Å². The van der Waals surface area contributed by atoms with Gasteiger partial charge in [-0.15, -0.1) is 0 Å². The van der Waals surface area contributed by atoms with E-state index in [1.54, 1.807) is 13.8 Å². The van der Waals surface area contributed by atoms with Crippen LogP contribution in [-0.4, -0.2) is 48.5 Å². The normalized spacial score (nSPS) is 14.0. The number of benzene rings is 3. The predicted octanol–water partition coefficient (Wildman–Crippen LogP) is 4.75. The van der Waals surface area contributed by atoms with Crippen LogP contribution in [0.25, 0.3) is 0 Å². The summed E-state index contributed by atoms with van der Waals surface area (Å²) in [6.45, 7) is 8.40. The first kappa shape index (κ1) is 23.4. The molecule has 1 fully saturated rings. The lowest BCUT2D eigenvalue weighted by Gasteiger charge is -2.36. The van der Waals surface area contributed by atoms with Crippen molar-refractivity contribution in [3.63, 3.8) is 0 Å². The van der Waals surface area contributed by atoms with Gasteiger partial charge in [0.1, 0.15) is 5.75 Å². The van der Waals surface area contributed by atoms with Crippen molar-refractivity contribution >= 4 is 23.2 Å². The Morgan fingerprint density at radius 3 is 2.06 bits per heavy atom. The zero-order valence-electron chi connectivity index (χ0n) is 20.0. The number of anilines is 2. The van der Waals surface area contributed by atoms with Crippen molar-refractivity contribution < 1.29 is 14.3 Å². The van der Waals surface area contributed by atoms with Crippen molar-refractivity contribution in [2.24, 2.45) is 0 Å². The number of ether oxygens (including phenoxy) is 1. The van der Waals surface area contributed by atoms with Crippen LogP contribution in [0.5, 0.6) is 5.75 Å². The van der Waals surface area contributed by atoms with Gasteiger partial charge in [0.05, 0.1) is 0 Å². The Morgan fingerprint density at radius 1 is 0.824 bits per heavy atom. The summed E-state index contributed by atoms with van der Waals surface area (Å²) in [6, 6.07) is 24.8. The fraction of sp³-hybridized carbons (Fsp3) is 0.286. The van der Waals surface area contributed by atoms with Gasteiger partial charge in [0.2, 0.25) is 0 Å². The highest BCUT2D eigenvalue weighted by atomic mass is 16.5. The Labute approximate surface area is 201 Å². The van der Waals surface area contributed by atoms with Gasteiger partial charge in [0.25, 0.3) is 11.8 Å². The molecule has 3 aromatic rings.